The van der Waals surface area contributed by atoms with Crippen molar-refractivity contribution in [1.82, 2.24) is 4.90 Å². The topological polar surface area (TPSA) is 15.3 Å². The molecule has 1 fully saturated rings. The van der Waals surface area contributed by atoms with E-state index in [0.29, 0.717) is 18.0 Å². The molecule has 2 atom stereocenters. The Labute approximate surface area is 128 Å². The number of anilines is 1. The summed E-state index contributed by atoms with van der Waals surface area (Å²) in [4.78, 5) is 2.36. The van der Waals surface area contributed by atoms with Crippen LogP contribution in [0.5, 0.6) is 0 Å². The van der Waals surface area contributed by atoms with Gasteiger partial charge in [-0.3, -0.25) is 0 Å². The predicted molar refractivity (Wildman–Crippen MR) is 91.4 cm³/mol. The molecule has 1 saturated heterocycles. The Kier molecular flexibility index (Phi) is 5.03. The van der Waals surface area contributed by atoms with Crippen molar-refractivity contribution in [3.8, 4) is 0 Å². The summed E-state index contributed by atoms with van der Waals surface area (Å²) in [5.41, 5.74) is 2.45. The molecular weight excluding hydrogens is 264 g/mol. The van der Waals surface area contributed by atoms with Crippen LogP contribution >= 0.6 is 12.2 Å². The van der Waals surface area contributed by atoms with Crippen molar-refractivity contribution in [3.63, 3.8) is 0 Å². The van der Waals surface area contributed by atoms with E-state index in [-0.39, 0.29) is 0 Å². The van der Waals surface area contributed by atoms with Gasteiger partial charge in [0.25, 0.3) is 0 Å². The summed E-state index contributed by atoms with van der Waals surface area (Å²) in [7, 11) is 0. The summed E-state index contributed by atoms with van der Waals surface area (Å²) in [5.74, 6) is 0.568. The van der Waals surface area contributed by atoms with Gasteiger partial charge in [0.1, 0.15) is 0 Å². The van der Waals surface area contributed by atoms with Gasteiger partial charge in [-0.25, -0.2) is 0 Å². The number of rotatable bonds is 2. The monoisotopic (exact) mass is 290 g/mol. The van der Waals surface area contributed by atoms with Gasteiger partial charge in [-0.15, -0.1) is 0 Å². The van der Waals surface area contributed by atoms with Crippen LogP contribution in [-0.2, 0) is 0 Å². The lowest BCUT2D eigenvalue weighted by atomic mass is 9.98. The molecule has 0 aromatic heterocycles. The molecule has 1 aliphatic heterocycles. The standard InChI is InChI=1S/C17H26N2S/c1-12(2)15-8-10-16(11-9-15)18-17(20)19-13(3)6-5-7-14(19)4/h8-14H,5-7H2,1-4H3,(H,18,20). The van der Waals surface area contributed by atoms with Crippen LogP contribution in [0.4, 0.5) is 5.69 Å². The molecular formula is C17H26N2S. The van der Waals surface area contributed by atoms with Gasteiger partial charge in [0.15, 0.2) is 5.11 Å². The molecule has 1 aromatic carbocycles. The van der Waals surface area contributed by atoms with Crippen molar-refractivity contribution in [2.75, 3.05) is 5.32 Å². The fourth-order valence-electron chi connectivity index (χ4n) is 2.96. The Balaban J connectivity index is 2.03. The zero-order valence-corrected chi connectivity index (χ0v) is 13.8. The lowest BCUT2D eigenvalue weighted by Crippen LogP contribution is -2.49. The van der Waals surface area contributed by atoms with Crippen molar-refractivity contribution in [1.29, 1.82) is 0 Å². The number of hydrogen-bond donors (Lipinski definition) is 1. The molecule has 0 saturated carbocycles. The van der Waals surface area contributed by atoms with Gasteiger partial charge in [0.05, 0.1) is 0 Å². The molecule has 2 unspecified atom stereocenters. The third kappa shape index (κ3) is 3.51. The Hall–Kier alpha value is -1.09. The van der Waals surface area contributed by atoms with Gasteiger partial charge >= 0.3 is 0 Å². The number of thiocarbonyl (C=S) groups is 1. The zero-order valence-electron chi connectivity index (χ0n) is 13.0. The smallest absolute Gasteiger partial charge is 0.173 e. The molecule has 0 aliphatic carbocycles. The summed E-state index contributed by atoms with van der Waals surface area (Å²) in [5, 5.41) is 4.26. The van der Waals surface area contributed by atoms with Crippen LogP contribution in [0.3, 0.4) is 0 Å². The van der Waals surface area contributed by atoms with E-state index in [2.05, 4.69) is 62.2 Å². The maximum absolute atomic E-state index is 5.61. The maximum atomic E-state index is 5.61. The van der Waals surface area contributed by atoms with Crippen LogP contribution in [0.2, 0.25) is 0 Å². The van der Waals surface area contributed by atoms with Gasteiger partial charge < -0.3 is 10.2 Å². The van der Waals surface area contributed by atoms with Crippen LogP contribution in [0.1, 0.15) is 58.4 Å². The Morgan fingerprint density at radius 1 is 1.15 bits per heavy atom. The minimum atomic E-state index is 0.536. The first-order chi connectivity index (χ1) is 9.49. The molecule has 110 valence electrons. The van der Waals surface area contributed by atoms with Crippen molar-refractivity contribution in [2.24, 2.45) is 0 Å². The van der Waals surface area contributed by atoms with Crippen LogP contribution < -0.4 is 5.32 Å². The number of piperidine rings is 1. The van der Waals surface area contributed by atoms with E-state index in [0.717, 1.165) is 10.8 Å². The van der Waals surface area contributed by atoms with Gasteiger partial charge in [0.2, 0.25) is 0 Å². The number of benzene rings is 1. The number of likely N-dealkylation sites (tertiary alicyclic amines) is 1. The lowest BCUT2D eigenvalue weighted by Gasteiger charge is -2.40. The highest BCUT2D eigenvalue weighted by atomic mass is 32.1. The quantitative estimate of drug-likeness (QED) is 0.790. The first kappa shape index (κ1) is 15.3. The van der Waals surface area contributed by atoms with E-state index in [4.69, 9.17) is 12.2 Å². The zero-order chi connectivity index (χ0) is 14.7. The van der Waals surface area contributed by atoms with E-state index >= 15 is 0 Å². The number of nitrogens with one attached hydrogen (secondary N) is 1. The highest BCUT2D eigenvalue weighted by Gasteiger charge is 2.26. The van der Waals surface area contributed by atoms with Crippen molar-refractivity contribution in [3.05, 3.63) is 29.8 Å². The molecule has 0 spiro atoms. The minimum Gasteiger partial charge on any atom is -0.344 e. The van der Waals surface area contributed by atoms with Crippen LogP contribution in [0.25, 0.3) is 0 Å². The first-order valence-electron chi connectivity index (χ1n) is 7.68. The molecule has 20 heavy (non-hydrogen) atoms. The van der Waals surface area contributed by atoms with E-state index < -0.39 is 0 Å². The third-order valence-corrected chi connectivity index (χ3v) is 4.57. The summed E-state index contributed by atoms with van der Waals surface area (Å²) >= 11 is 5.61. The van der Waals surface area contributed by atoms with Gasteiger partial charge in [-0.1, -0.05) is 26.0 Å². The summed E-state index contributed by atoms with van der Waals surface area (Å²) in [6.07, 6.45) is 3.78. The van der Waals surface area contributed by atoms with Crippen molar-refractivity contribution < 1.29 is 0 Å². The molecule has 0 bridgehead atoms. The van der Waals surface area contributed by atoms with Crippen molar-refractivity contribution in [2.45, 2.75) is 65.0 Å². The molecule has 0 amide bonds. The normalized spacial score (nSPS) is 22.9. The molecule has 1 N–H and O–H groups in total. The average Bonchev–Trinajstić information content (AvgIpc) is 2.39. The highest BCUT2D eigenvalue weighted by molar-refractivity contribution is 7.80. The molecule has 1 aliphatic rings. The Morgan fingerprint density at radius 3 is 2.20 bits per heavy atom. The first-order valence-corrected chi connectivity index (χ1v) is 8.09. The third-order valence-electron chi connectivity index (χ3n) is 4.26. The molecule has 1 aromatic rings. The van der Waals surface area contributed by atoms with Gasteiger partial charge in [-0.05, 0) is 68.9 Å². The summed E-state index contributed by atoms with van der Waals surface area (Å²) < 4.78 is 0. The minimum absolute atomic E-state index is 0.536. The van der Waals surface area contributed by atoms with Crippen LogP contribution in [0, 0.1) is 0 Å². The highest BCUT2D eigenvalue weighted by Crippen LogP contribution is 2.24. The predicted octanol–water partition coefficient (Wildman–Crippen LogP) is 4.77. The number of nitrogens with zero attached hydrogens (tertiary/aromatic N) is 1. The van der Waals surface area contributed by atoms with Gasteiger partial charge in [0, 0.05) is 17.8 Å². The van der Waals surface area contributed by atoms with Gasteiger partial charge in [-0.2, -0.15) is 0 Å². The molecule has 2 rings (SSSR count). The second-order valence-corrected chi connectivity index (χ2v) is 6.63. The van der Waals surface area contributed by atoms with E-state index in [1.54, 1.807) is 0 Å². The fraction of sp³-hybridized carbons (Fsp3) is 0.588. The fourth-order valence-corrected chi connectivity index (χ4v) is 3.44. The number of hydrogen-bond acceptors (Lipinski definition) is 1. The summed E-state index contributed by atoms with van der Waals surface area (Å²) in [6, 6.07) is 9.68. The SMILES string of the molecule is CC(C)c1ccc(NC(=S)N2C(C)CCCC2C)cc1. The summed E-state index contributed by atoms with van der Waals surface area (Å²) in [6.45, 7) is 8.96. The Bertz CT molecular complexity index is 443. The maximum Gasteiger partial charge on any atom is 0.173 e. The Morgan fingerprint density at radius 2 is 1.70 bits per heavy atom. The second kappa shape index (κ2) is 6.57. The largest absolute Gasteiger partial charge is 0.344 e. The van der Waals surface area contributed by atoms with Crippen molar-refractivity contribution >= 4 is 23.0 Å². The molecule has 1 heterocycles. The molecule has 3 heteroatoms. The van der Waals surface area contributed by atoms with E-state index in [1.165, 1.54) is 24.8 Å². The van der Waals surface area contributed by atoms with Crippen LogP contribution in [-0.4, -0.2) is 22.1 Å². The average molecular weight is 290 g/mol. The lowest BCUT2D eigenvalue weighted by molar-refractivity contribution is 0.194. The second-order valence-electron chi connectivity index (χ2n) is 6.24. The molecule has 0 radical (unpaired) electrons. The molecule has 2 nitrogen and oxygen atoms in total. The van der Waals surface area contributed by atoms with E-state index in [1.807, 2.05) is 0 Å². The van der Waals surface area contributed by atoms with Crippen LogP contribution in [0.15, 0.2) is 24.3 Å². The van der Waals surface area contributed by atoms with E-state index in [9.17, 15) is 0 Å².